The van der Waals surface area contributed by atoms with Gasteiger partial charge in [-0.25, -0.2) is 0 Å². The van der Waals surface area contributed by atoms with Crippen molar-refractivity contribution in [2.75, 3.05) is 6.54 Å². The van der Waals surface area contributed by atoms with Crippen LogP contribution in [0.5, 0.6) is 0 Å². The van der Waals surface area contributed by atoms with Crippen LogP contribution in [-0.4, -0.2) is 32.8 Å². The number of hydrogen-bond acceptors (Lipinski definition) is 4. The molecule has 0 radical (unpaired) electrons. The van der Waals surface area contributed by atoms with Crippen LogP contribution in [0.1, 0.15) is 31.7 Å². The molecule has 2 fully saturated rings. The highest BCUT2D eigenvalue weighted by Crippen LogP contribution is 2.37. The third-order valence-corrected chi connectivity index (χ3v) is 4.38. The molecule has 0 aliphatic heterocycles. The monoisotopic (exact) mass is 269 g/mol. The molecule has 4 rings (SSSR count). The van der Waals surface area contributed by atoms with E-state index in [4.69, 9.17) is 0 Å². The lowest BCUT2D eigenvalue weighted by Gasteiger charge is -2.35. The van der Waals surface area contributed by atoms with Crippen LogP contribution in [0.2, 0.25) is 0 Å². The Kier molecular flexibility index (Phi) is 2.99. The molecule has 5 nitrogen and oxygen atoms in total. The van der Waals surface area contributed by atoms with Gasteiger partial charge >= 0.3 is 0 Å². The summed E-state index contributed by atoms with van der Waals surface area (Å²) in [6.07, 6.45) is 5.13. The maximum atomic E-state index is 4.56. The van der Waals surface area contributed by atoms with E-state index in [0.29, 0.717) is 12.0 Å². The van der Waals surface area contributed by atoms with Crippen LogP contribution in [0.4, 0.5) is 0 Å². The van der Waals surface area contributed by atoms with Gasteiger partial charge in [0, 0.05) is 18.2 Å². The summed E-state index contributed by atoms with van der Waals surface area (Å²) in [5.74, 6) is 1.39. The molecule has 2 atom stereocenters. The second kappa shape index (κ2) is 4.98. The van der Waals surface area contributed by atoms with E-state index in [1.54, 1.807) is 0 Å². The van der Waals surface area contributed by atoms with E-state index in [9.17, 15) is 0 Å². The number of nitrogens with zero attached hydrogens (tertiary/aromatic N) is 4. The van der Waals surface area contributed by atoms with E-state index in [1.165, 1.54) is 25.7 Å². The Hall–Kier alpha value is -1.75. The van der Waals surface area contributed by atoms with Gasteiger partial charge in [0.2, 0.25) is 5.82 Å². The highest BCUT2D eigenvalue weighted by atomic mass is 15.6. The van der Waals surface area contributed by atoms with E-state index in [1.807, 2.05) is 35.1 Å². The van der Waals surface area contributed by atoms with Crippen molar-refractivity contribution in [3.05, 3.63) is 30.3 Å². The van der Waals surface area contributed by atoms with Gasteiger partial charge in [-0.2, -0.15) is 4.80 Å². The Morgan fingerprint density at radius 2 is 1.95 bits per heavy atom. The fourth-order valence-electron chi connectivity index (χ4n) is 2.77. The highest BCUT2D eigenvalue weighted by Gasteiger charge is 2.35. The first-order valence-electron chi connectivity index (χ1n) is 7.48. The number of tetrazole rings is 1. The molecule has 1 aromatic heterocycles. The molecular weight excluding hydrogens is 250 g/mol. The van der Waals surface area contributed by atoms with Crippen molar-refractivity contribution in [2.45, 2.75) is 37.8 Å². The van der Waals surface area contributed by atoms with Crippen molar-refractivity contribution < 1.29 is 0 Å². The molecule has 2 saturated carbocycles. The SMILES string of the molecule is c1ccc(-c2nnn(C3CCC3CNC3CC3)n2)cc1. The molecule has 5 heteroatoms. The molecule has 104 valence electrons. The lowest BCUT2D eigenvalue weighted by molar-refractivity contribution is 0.144. The third kappa shape index (κ3) is 2.33. The van der Waals surface area contributed by atoms with Gasteiger partial charge in [-0.1, -0.05) is 30.3 Å². The smallest absolute Gasteiger partial charge is 0.204 e. The minimum absolute atomic E-state index is 0.422. The lowest BCUT2D eigenvalue weighted by Crippen LogP contribution is -2.38. The van der Waals surface area contributed by atoms with E-state index in [0.717, 1.165) is 24.0 Å². The first-order chi connectivity index (χ1) is 9.90. The molecule has 0 bridgehead atoms. The predicted molar refractivity (Wildman–Crippen MR) is 76.0 cm³/mol. The number of aromatic nitrogens is 4. The van der Waals surface area contributed by atoms with Crippen LogP contribution in [0.3, 0.4) is 0 Å². The summed E-state index contributed by atoms with van der Waals surface area (Å²) in [7, 11) is 0. The van der Waals surface area contributed by atoms with Gasteiger partial charge in [0.05, 0.1) is 6.04 Å². The zero-order valence-corrected chi connectivity index (χ0v) is 11.4. The van der Waals surface area contributed by atoms with Crippen molar-refractivity contribution in [1.82, 2.24) is 25.5 Å². The van der Waals surface area contributed by atoms with Gasteiger partial charge in [-0.05, 0) is 36.8 Å². The standard InChI is InChI=1S/C15H19N5/c1-2-4-11(5-3-1)15-17-19-20(18-15)14-9-6-12(14)10-16-13-7-8-13/h1-5,12-14,16H,6-10H2. The van der Waals surface area contributed by atoms with Crippen molar-refractivity contribution in [3.8, 4) is 11.4 Å². The molecule has 1 N–H and O–H groups in total. The number of benzene rings is 1. The summed E-state index contributed by atoms with van der Waals surface area (Å²) in [6.45, 7) is 1.09. The Bertz CT molecular complexity index is 575. The highest BCUT2D eigenvalue weighted by molar-refractivity contribution is 5.52. The lowest BCUT2D eigenvalue weighted by atomic mass is 9.80. The fourth-order valence-corrected chi connectivity index (χ4v) is 2.77. The molecule has 20 heavy (non-hydrogen) atoms. The first-order valence-corrected chi connectivity index (χ1v) is 7.48. The van der Waals surface area contributed by atoms with Crippen LogP contribution in [0.25, 0.3) is 11.4 Å². The molecule has 2 aromatic rings. The van der Waals surface area contributed by atoms with Gasteiger partial charge in [0.15, 0.2) is 0 Å². The van der Waals surface area contributed by atoms with Crippen molar-refractivity contribution in [3.63, 3.8) is 0 Å². The number of hydrogen-bond donors (Lipinski definition) is 1. The molecule has 2 aliphatic rings. The van der Waals surface area contributed by atoms with Crippen LogP contribution < -0.4 is 5.32 Å². The van der Waals surface area contributed by atoms with Gasteiger partial charge in [0.25, 0.3) is 0 Å². The van der Waals surface area contributed by atoms with E-state index in [-0.39, 0.29) is 0 Å². The molecular formula is C15H19N5. The fraction of sp³-hybridized carbons (Fsp3) is 0.533. The largest absolute Gasteiger partial charge is 0.314 e. The summed E-state index contributed by atoms with van der Waals surface area (Å²) in [5, 5.41) is 16.6. The average Bonchev–Trinajstić information content (AvgIpc) is 3.16. The summed E-state index contributed by atoms with van der Waals surface area (Å²) < 4.78 is 0. The number of nitrogens with one attached hydrogen (secondary N) is 1. The van der Waals surface area contributed by atoms with Crippen molar-refractivity contribution in [2.24, 2.45) is 5.92 Å². The first kappa shape index (κ1) is 12.0. The van der Waals surface area contributed by atoms with E-state index in [2.05, 4.69) is 20.7 Å². The second-order valence-electron chi connectivity index (χ2n) is 5.89. The van der Waals surface area contributed by atoms with E-state index >= 15 is 0 Å². The molecule has 0 spiro atoms. The van der Waals surface area contributed by atoms with Gasteiger partial charge in [0.1, 0.15) is 0 Å². The van der Waals surface area contributed by atoms with Crippen LogP contribution in [-0.2, 0) is 0 Å². The third-order valence-electron chi connectivity index (χ3n) is 4.38. The summed E-state index contributed by atoms with van der Waals surface area (Å²) in [6, 6.07) is 11.2. The zero-order chi connectivity index (χ0) is 13.4. The van der Waals surface area contributed by atoms with Crippen LogP contribution in [0, 0.1) is 5.92 Å². The Morgan fingerprint density at radius 1 is 1.10 bits per heavy atom. The molecule has 2 aliphatic carbocycles. The Labute approximate surface area is 118 Å². The normalized spacial score (nSPS) is 25.4. The second-order valence-corrected chi connectivity index (χ2v) is 5.89. The molecule has 0 amide bonds. The average molecular weight is 269 g/mol. The molecule has 0 saturated heterocycles. The van der Waals surface area contributed by atoms with Gasteiger partial charge in [-0.15, -0.1) is 10.2 Å². The zero-order valence-electron chi connectivity index (χ0n) is 11.4. The molecule has 2 unspecified atom stereocenters. The summed E-state index contributed by atoms with van der Waals surface area (Å²) in [5.41, 5.74) is 1.03. The predicted octanol–water partition coefficient (Wildman–Crippen LogP) is 2.04. The maximum absolute atomic E-state index is 4.56. The topological polar surface area (TPSA) is 55.6 Å². The quantitative estimate of drug-likeness (QED) is 0.902. The molecule has 1 heterocycles. The Balaban J connectivity index is 1.45. The van der Waals surface area contributed by atoms with Crippen LogP contribution in [0.15, 0.2) is 30.3 Å². The number of rotatable bonds is 5. The Morgan fingerprint density at radius 3 is 2.65 bits per heavy atom. The van der Waals surface area contributed by atoms with E-state index < -0.39 is 0 Å². The van der Waals surface area contributed by atoms with Gasteiger partial charge in [-0.3, -0.25) is 0 Å². The minimum atomic E-state index is 0.422. The maximum Gasteiger partial charge on any atom is 0.204 e. The van der Waals surface area contributed by atoms with Crippen LogP contribution >= 0.6 is 0 Å². The van der Waals surface area contributed by atoms with Gasteiger partial charge < -0.3 is 5.32 Å². The summed E-state index contributed by atoms with van der Waals surface area (Å²) in [4.78, 5) is 1.82. The molecule has 1 aromatic carbocycles. The summed E-state index contributed by atoms with van der Waals surface area (Å²) >= 11 is 0. The van der Waals surface area contributed by atoms with Crippen molar-refractivity contribution in [1.29, 1.82) is 0 Å². The minimum Gasteiger partial charge on any atom is -0.314 e. The van der Waals surface area contributed by atoms with Crippen molar-refractivity contribution >= 4 is 0 Å².